The summed E-state index contributed by atoms with van der Waals surface area (Å²) in [5.74, 6) is 0.405. The predicted molar refractivity (Wildman–Crippen MR) is 109 cm³/mol. The molecule has 0 unspecified atom stereocenters. The summed E-state index contributed by atoms with van der Waals surface area (Å²) in [6, 6.07) is 8.06. The van der Waals surface area contributed by atoms with E-state index in [1.54, 1.807) is 12.0 Å². The molecule has 1 N–H and O–H groups in total. The average Bonchev–Trinajstić information content (AvgIpc) is 3.48. The molecule has 0 bridgehead atoms. The Morgan fingerprint density at radius 1 is 1.21 bits per heavy atom. The molecule has 0 spiro atoms. The second kappa shape index (κ2) is 9.03. The SMILES string of the molecule is COCOc1cccc([C@H]2CCN(C(=O)OC(C)(C)C)C[C@@H]2C(=O)NC2CC2)c1. The number of carbonyl (C=O) groups excluding carboxylic acids is 2. The van der Waals surface area contributed by atoms with Crippen LogP contribution in [0.25, 0.3) is 0 Å². The number of amides is 2. The highest BCUT2D eigenvalue weighted by atomic mass is 16.7. The molecule has 7 heteroatoms. The lowest BCUT2D eigenvalue weighted by molar-refractivity contribution is -0.127. The fraction of sp³-hybridized carbons (Fsp3) is 0.636. The molecule has 2 fully saturated rings. The fourth-order valence-corrected chi connectivity index (χ4v) is 3.61. The Kier molecular flexibility index (Phi) is 6.67. The van der Waals surface area contributed by atoms with Crippen LogP contribution in [0, 0.1) is 5.92 Å². The van der Waals surface area contributed by atoms with Gasteiger partial charge >= 0.3 is 6.09 Å². The lowest BCUT2D eigenvalue weighted by Gasteiger charge is -2.38. The minimum atomic E-state index is -0.563. The van der Waals surface area contributed by atoms with E-state index in [9.17, 15) is 9.59 Å². The number of nitrogens with zero attached hydrogens (tertiary/aromatic N) is 1. The van der Waals surface area contributed by atoms with Gasteiger partial charge in [-0.05, 0) is 63.6 Å². The second-order valence-corrected chi connectivity index (χ2v) is 8.83. The summed E-state index contributed by atoms with van der Waals surface area (Å²) < 4.78 is 16.1. The van der Waals surface area contributed by atoms with Gasteiger partial charge in [0.05, 0.1) is 5.92 Å². The topological polar surface area (TPSA) is 77.1 Å². The second-order valence-electron chi connectivity index (χ2n) is 8.83. The maximum absolute atomic E-state index is 13.0. The van der Waals surface area contributed by atoms with E-state index in [1.165, 1.54) is 0 Å². The van der Waals surface area contributed by atoms with Gasteiger partial charge in [0.1, 0.15) is 11.4 Å². The van der Waals surface area contributed by atoms with Crippen LogP contribution in [-0.4, -0.2) is 55.5 Å². The zero-order chi connectivity index (χ0) is 21.0. The molecular weight excluding hydrogens is 372 g/mol. The number of rotatable bonds is 6. The van der Waals surface area contributed by atoms with Gasteiger partial charge in [-0.3, -0.25) is 4.79 Å². The molecule has 7 nitrogen and oxygen atoms in total. The Morgan fingerprint density at radius 2 is 1.97 bits per heavy atom. The highest BCUT2D eigenvalue weighted by Gasteiger charge is 2.39. The van der Waals surface area contributed by atoms with Crippen molar-refractivity contribution in [2.24, 2.45) is 5.92 Å². The molecule has 1 aliphatic heterocycles. The minimum absolute atomic E-state index is 0.00831. The fourth-order valence-electron chi connectivity index (χ4n) is 3.61. The van der Waals surface area contributed by atoms with E-state index >= 15 is 0 Å². The van der Waals surface area contributed by atoms with Crippen LogP contribution in [0.1, 0.15) is 51.5 Å². The summed E-state index contributed by atoms with van der Waals surface area (Å²) in [5, 5.41) is 3.11. The van der Waals surface area contributed by atoms with Crippen molar-refractivity contribution < 1.29 is 23.8 Å². The number of hydrogen-bond acceptors (Lipinski definition) is 5. The van der Waals surface area contributed by atoms with Crippen LogP contribution in [0.15, 0.2) is 24.3 Å². The van der Waals surface area contributed by atoms with E-state index < -0.39 is 5.60 Å². The summed E-state index contributed by atoms with van der Waals surface area (Å²) >= 11 is 0. The molecule has 0 aromatic heterocycles. The molecular formula is C22H32N2O5. The Hall–Kier alpha value is -2.28. The van der Waals surface area contributed by atoms with Crippen LogP contribution >= 0.6 is 0 Å². The predicted octanol–water partition coefficient (Wildman–Crippen LogP) is 3.29. The average molecular weight is 405 g/mol. The quantitative estimate of drug-likeness (QED) is 0.736. The number of carbonyl (C=O) groups is 2. The molecule has 2 amide bonds. The highest BCUT2D eigenvalue weighted by molar-refractivity contribution is 5.81. The Morgan fingerprint density at radius 3 is 2.62 bits per heavy atom. The largest absolute Gasteiger partial charge is 0.468 e. The summed E-state index contributed by atoms with van der Waals surface area (Å²) in [4.78, 5) is 27.2. The van der Waals surface area contributed by atoms with Crippen molar-refractivity contribution in [1.29, 1.82) is 0 Å². The zero-order valence-corrected chi connectivity index (χ0v) is 17.8. The van der Waals surface area contributed by atoms with Crippen LogP contribution in [0.4, 0.5) is 4.79 Å². The zero-order valence-electron chi connectivity index (χ0n) is 17.8. The summed E-state index contributed by atoms with van der Waals surface area (Å²) in [6.07, 6.45) is 2.38. The first-order valence-corrected chi connectivity index (χ1v) is 10.3. The van der Waals surface area contributed by atoms with E-state index in [2.05, 4.69) is 5.32 Å². The molecule has 0 radical (unpaired) electrons. The monoisotopic (exact) mass is 404 g/mol. The van der Waals surface area contributed by atoms with Crippen molar-refractivity contribution in [1.82, 2.24) is 10.2 Å². The Balaban J connectivity index is 1.77. The van der Waals surface area contributed by atoms with Gasteiger partial charge in [-0.25, -0.2) is 4.79 Å². The van der Waals surface area contributed by atoms with E-state index in [-0.39, 0.29) is 36.7 Å². The number of likely N-dealkylation sites (tertiary alicyclic amines) is 1. The van der Waals surface area contributed by atoms with Crippen molar-refractivity contribution >= 4 is 12.0 Å². The molecule has 1 heterocycles. The van der Waals surface area contributed by atoms with Gasteiger partial charge in [0.2, 0.25) is 5.91 Å². The molecule has 1 saturated carbocycles. The summed E-state index contributed by atoms with van der Waals surface area (Å²) in [6.45, 7) is 6.62. The molecule has 3 rings (SSSR count). The van der Waals surface area contributed by atoms with Crippen LogP contribution < -0.4 is 10.1 Å². The first-order chi connectivity index (χ1) is 13.8. The van der Waals surface area contributed by atoms with Crippen molar-refractivity contribution in [3.05, 3.63) is 29.8 Å². The molecule has 1 aliphatic carbocycles. The molecule has 160 valence electrons. The number of piperidine rings is 1. The minimum Gasteiger partial charge on any atom is -0.468 e. The number of ether oxygens (including phenoxy) is 3. The normalized spacial score (nSPS) is 22.1. The summed E-state index contributed by atoms with van der Waals surface area (Å²) in [7, 11) is 1.58. The van der Waals surface area contributed by atoms with E-state index in [0.29, 0.717) is 25.3 Å². The van der Waals surface area contributed by atoms with E-state index in [1.807, 2.05) is 45.0 Å². The maximum atomic E-state index is 13.0. The maximum Gasteiger partial charge on any atom is 0.410 e. The van der Waals surface area contributed by atoms with Crippen molar-refractivity contribution in [2.75, 3.05) is 27.0 Å². The first-order valence-electron chi connectivity index (χ1n) is 10.3. The Labute approximate surface area is 172 Å². The van der Waals surface area contributed by atoms with Crippen molar-refractivity contribution in [3.8, 4) is 5.75 Å². The lowest BCUT2D eigenvalue weighted by Crippen LogP contribution is -2.50. The van der Waals surface area contributed by atoms with E-state index in [0.717, 1.165) is 18.4 Å². The van der Waals surface area contributed by atoms with Crippen LogP contribution in [-0.2, 0) is 14.3 Å². The van der Waals surface area contributed by atoms with Gasteiger partial charge in [0.15, 0.2) is 6.79 Å². The third kappa shape index (κ3) is 6.10. The molecule has 2 atom stereocenters. The first kappa shape index (κ1) is 21.4. The van der Waals surface area contributed by atoms with Gasteiger partial charge in [-0.2, -0.15) is 0 Å². The number of benzene rings is 1. The number of methoxy groups -OCH3 is 1. The summed E-state index contributed by atoms with van der Waals surface area (Å²) in [5.41, 5.74) is 0.477. The van der Waals surface area contributed by atoms with Crippen molar-refractivity contribution in [3.63, 3.8) is 0 Å². The van der Waals surface area contributed by atoms with Crippen molar-refractivity contribution in [2.45, 2.75) is 57.6 Å². The molecule has 1 saturated heterocycles. The number of nitrogens with one attached hydrogen (secondary N) is 1. The van der Waals surface area contributed by atoms with Gasteiger partial charge in [0, 0.05) is 26.2 Å². The van der Waals surface area contributed by atoms with Crippen LogP contribution in [0.3, 0.4) is 0 Å². The smallest absolute Gasteiger partial charge is 0.410 e. The third-order valence-corrected chi connectivity index (χ3v) is 5.15. The molecule has 29 heavy (non-hydrogen) atoms. The van der Waals surface area contributed by atoms with E-state index in [4.69, 9.17) is 14.2 Å². The number of hydrogen-bond donors (Lipinski definition) is 1. The highest BCUT2D eigenvalue weighted by Crippen LogP contribution is 2.36. The third-order valence-electron chi connectivity index (χ3n) is 5.15. The van der Waals surface area contributed by atoms with Crippen LogP contribution in [0.5, 0.6) is 5.75 Å². The van der Waals surface area contributed by atoms with Gasteiger partial charge < -0.3 is 24.4 Å². The van der Waals surface area contributed by atoms with Gasteiger partial charge in [-0.15, -0.1) is 0 Å². The molecule has 2 aliphatic rings. The van der Waals surface area contributed by atoms with Gasteiger partial charge in [0.25, 0.3) is 0 Å². The standard InChI is InChI=1S/C22H32N2O5/c1-22(2,3)29-21(26)24-11-10-18(19(13-24)20(25)23-16-8-9-16)15-6-5-7-17(12-15)28-14-27-4/h5-7,12,16,18-19H,8-11,13-14H2,1-4H3,(H,23,25)/t18-,19+/m1/s1. The molecule has 1 aromatic rings. The molecule has 1 aromatic carbocycles. The lowest BCUT2D eigenvalue weighted by atomic mass is 9.80. The Bertz CT molecular complexity index is 726. The van der Waals surface area contributed by atoms with Crippen LogP contribution in [0.2, 0.25) is 0 Å². The van der Waals surface area contributed by atoms with Gasteiger partial charge in [-0.1, -0.05) is 12.1 Å².